The van der Waals surface area contributed by atoms with E-state index in [-0.39, 0.29) is 19.5 Å². The zero-order valence-electron chi connectivity index (χ0n) is 11.0. The van der Waals surface area contributed by atoms with E-state index >= 15 is 0 Å². The van der Waals surface area contributed by atoms with Crippen LogP contribution in [-0.2, 0) is 14.3 Å². The first-order chi connectivity index (χ1) is 8.80. The van der Waals surface area contributed by atoms with E-state index < -0.39 is 24.6 Å². The van der Waals surface area contributed by atoms with Crippen LogP contribution in [0.3, 0.4) is 0 Å². The van der Waals surface area contributed by atoms with Gasteiger partial charge in [-0.05, 0) is 13.0 Å². The van der Waals surface area contributed by atoms with Crippen molar-refractivity contribution in [2.24, 2.45) is 0 Å². The second-order valence-electron chi connectivity index (χ2n) is 3.93. The number of carbonyl (C=O) groups is 2. The van der Waals surface area contributed by atoms with Crippen molar-refractivity contribution in [2.75, 3.05) is 33.3 Å². The minimum absolute atomic E-state index is 0.176. The summed E-state index contributed by atoms with van der Waals surface area (Å²) in [5.41, 5.74) is 0. The van der Waals surface area contributed by atoms with E-state index in [0.29, 0.717) is 11.4 Å². The average Bonchev–Trinajstić information content (AvgIpc) is 2.32. The highest BCUT2D eigenvalue weighted by Crippen LogP contribution is 2.16. The first-order valence-electron chi connectivity index (χ1n) is 5.92. The number of halogens is 3. The molecule has 1 N–H and O–H groups in total. The molecule has 0 saturated heterocycles. The lowest BCUT2D eigenvalue weighted by Crippen LogP contribution is -2.44. The fraction of sp³-hybridized carbons (Fsp3) is 0.818. The summed E-state index contributed by atoms with van der Waals surface area (Å²) in [4.78, 5) is 23.1. The van der Waals surface area contributed by atoms with Gasteiger partial charge in [-0.1, -0.05) is 6.92 Å². The molecule has 5 nitrogen and oxygen atoms in total. The van der Waals surface area contributed by atoms with Crippen LogP contribution in [-0.4, -0.2) is 56.2 Å². The molecule has 0 atom stereocenters. The molecular formula is C11H19F3N2O3. The van der Waals surface area contributed by atoms with Crippen LogP contribution in [0.2, 0.25) is 0 Å². The quantitative estimate of drug-likeness (QED) is 0.532. The van der Waals surface area contributed by atoms with Crippen molar-refractivity contribution in [1.29, 1.82) is 0 Å². The number of ether oxygens (including phenoxy) is 1. The molecular weight excluding hydrogens is 265 g/mol. The standard InChI is InChI=1S/C11H19F3N2O3/c1-3-5-15-7-9(17)16(8-11(12,13)14)6-4-10(18)19-2/h15H,3-8H2,1-2H3. The highest BCUT2D eigenvalue weighted by atomic mass is 19.4. The molecule has 0 aromatic heterocycles. The summed E-state index contributed by atoms with van der Waals surface area (Å²) in [7, 11) is 1.14. The van der Waals surface area contributed by atoms with Gasteiger partial charge in [0.05, 0.1) is 20.1 Å². The van der Waals surface area contributed by atoms with Gasteiger partial charge in [0.2, 0.25) is 5.91 Å². The molecule has 0 rings (SSSR count). The lowest BCUT2D eigenvalue weighted by molar-refractivity contribution is -0.162. The van der Waals surface area contributed by atoms with Gasteiger partial charge in [0.25, 0.3) is 0 Å². The maximum Gasteiger partial charge on any atom is 0.406 e. The first-order valence-corrected chi connectivity index (χ1v) is 5.92. The van der Waals surface area contributed by atoms with Crippen LogP contribution < -0.4 is 5.32 Å². The monoisotopic (exact) mass is 284 g/mol. The predicted octanol–water partition coefficient (Wildman–Crippen LogP) is 0.940. The molecule has 0 aromatic carbocycles. The van der Waals surface area contributed by atoms with E-state index in [1.165, 1.54) is 0 Å². The van der Waals surface area contributed by atoms with Crippen LogP contribution in [0.4, 0.5) is 13.2 Å². The Morgan fingerprint density at radius 1 is 1.32 bits per heavy atom. The van der Waals surface area contributed by atoms with Gasteiger partial charge in [0, 0.05) is 6.54 Å². The van der Waals surface area contributed by atoms with Crippen molar-refractivity contribution in [2.45, 2.75) is 25.9 Å². The molecule has 0 aromatic rings. The minimum atomic E-state index is -4.49. The minimum Gasteiger partial charge on any atom is -0.469 e. The Morgan fingerprint density at radius 2 is 1.95 bits per heavy atom. The highest BCUT2D eigenvalue weighted by molar-refractivity contribution is 5.79. The Morgan fingerprint density at radius 3 is 2.42 bits per heavy atom. The molecule has 0 aliphatic rings. The van der Waals surface area contributed by atoms with Gasteiger partial charge in [-0.25, -0.2) is 0 Å². The highest BCUT2D eigenvalue weighted by Gasteiger charge is 2.32. The summed E-state index contributed by atoms with van der Waals surface area (Å²) in [5, 5.41) is 2.73. The zero-order valence-corrected chi connectivity index (χ0v) is 11.0. The van der Waals surface area contributed by atoms with E-state index in [9.17, 15) is 22.8 Å². The molecule has 0 bridgehead atoms. The Labute approximate surface area is 110 Å². The summed E-state index contributed by atoms with van der Waals surface area (Å²) in [6.07, 6.45) is -3.97. The number of alkyl halides is 3. The van der Waals surface area contributed by atoms with Crippen molar-refractivity contribution in [3.8, 4) is 0 Å². The zero-order chi connectivity index (χ0) is 14.9. The normalized spacial score (nSPS) is 11.2. The van der Waals surface area contributed by atoms with Gasteiger partial charge in [-0.2, -0.15) is 13.2 Å². The fourth-order valence-electron chi connectivity index (χ4n) is 1.32. The Kier molecular flexibility index (Phi) is 8.13. The number of hydrogen-bond donors (Lipinski definition) is 1. The number of methoxy groups -OCH3 is 1. The molecule has 112 valence electrons. The van der Waals surface area contributed by atoms with Gasteiger partial charge >= 0.3 is 12.1 Å². The molecule has 0 aliphatic heterocycles. The lowest BCUT2D eigenvalue weighted by Gasteiger charge is -2.23. The molecule has 0 saturated carbocycles. The molecule has 1 amide bonds. The molecule has 0 heterocycles. The van der Waals surface area contributed by atoms with Crippen molar-refractivity contribution in [3.63, 3.8) is 0 Å². The second kappa shape index (κ2) is 8.73. The van der Waals surface area contributed by atoms with Crippen LogP contribution in [0, 0.1) is 0 Å². The smallest absolute Gasteiger partial charge is 0.406 e. The topological polar surface area (TPSA) is 58.6 Å². The second-order valence-corrected chi connectivity index (χ2v) is 3.93. The van der Waals surface area contributed by atoms with E-state index in [1.807, 2.05) is 6.92 Å². The third-order valence-corrected chi connectivity index (χ3v) is 2.24. The molecule has 0 unspecified atom stereocenters. The van der Waals surface area contributed by atoms with Crippen molar-refractivity contribution in [1.82, 2.24) is 10.2 Å². The van der Waals surface area contributed by atoms with Gasteiger partial charge in [0.1, 0.15) is 6.54 Å². The van der Waals surface area contributed by atoms with Gasteiger partial charge < -0.3 is 15.0 Å². The SMILES string of the molecule is CCCNCC(=O)N(CCC(=O)OC)CC(F)(F)F. The van der Waals surface area contributed by atoms with Gasteiger partial charge in [0.15, 0.2) is 0 Å². The molecule has 0 spiro atoms. The number of carbonyl (C=O) groups excluding carboxylic acids is 2. The van der Waals surface area contributed by atoms with Crippen LogP contribution in [0.15, 0.2) is 0 Å². The van der Waals surface area contributed by atoms with Gasteiger partial charge in [-0.15, -0.1) is 0 Å². The van der Waals surface area contributed by atoms with E-state index in [0.717, 1.165) is 13.5 Å². The fourth-order valence-corrected chi connectivity index (χ4v) is 1.32. The van der Waals surface area contributed by atoms with Crippen LogP contribution in [0.25, 0.3) is 0 Å². The maximum atomic E-state index is 12.3. The number of rotatable bonds is 8. The molecule has 8 heteroatoms. The summed E-state index contributed by atoms with van der Waals surface area (Å²) in [6.45, 7) is 0.575. The maximum absolute atomic E-state index is 12.3. The number of amides is 1. The first kappa shape index (κ1) is 17.7. The summed E-state index contributed by atoms with van der Waals surface area (Å²) in [6, 6.07) is 0. The predicted molar refractivity (Wildman–Crippen MR) is 62.4 cm³/mol. The molecule has 0 radical (unpaired) electrons. The lowest BCUT2D eigenvalue weighted by atomic mass is 10.3. The van der Waals surface area contributed by atoms with E-state index in [4.69, 9.17) is 0 Å². The average molecular weight is 284 g/mol. The molecule has 0 aliphatic carbocycles. The van der Waals surface area contributed by atoms with Crippen molar-refractivity contribution in [3.05, 3.63) is 0 Å². The van der Waals surface area contributed by atoms with Crippen LogP contribution in [0.1, 0.15) is 19.8 Å². The van der Waals surface area contributed by atoms with E-state index in [2.05, 4.69) is 10.1 Å². The Balaban J connectivity index is 4.39. The number of nitrogens with zero attached hydrogens (tertiary/aromatic N) is 1. The number of nitrogens with one attached hydrogen (secondary N) is 1. The van der Waals surface area contributed by atoms with Crippen molar-refractivity contribution < 1.29 is 27.5 Å². The van der Waals surface area contributed by atoms with Gasteiger partial charge in [-0.3, -0.25) is 9.59 Å². The third-order valence-electron chi connectivity index (χ3n) is 2.24. The molecule has 19 heavy (non-hydrogen) atoms. The van der Waals surface area contributed by atoms with Crippen LogP contribution in [0.5, 0.6) is 0 Å². The molecule has 0 fully saturated rings. The Bertz CT molecular complexity index is 295. The Hall–Kier alpha value is -1.31. The summed E-state index contributed by atoms with van der Waals surface area (Å²) >= 11 is 0. The number of hydrogen-bond acceptors (Lipinski definition) is 4. The summed E-state index contributed by atoms with van der Waals surface area (Å²) in [5.74, 6) is -1.34. The van der Waals surface area contributed by atoms with Crippen molar-refractivity contribution >= 4 is 11.9 Å². The van der Waals surface area contributed by atoms with E-state index in [1.54, 1.807) is 0 Å². The summed E-state index contributed by atoms with van der Waals surface area (Å²) < 4.78 is 41.3. The third kappa shape index (κ3) is 9.29. The largest absolute Gasteiger partial charge is 0.469 e. The number of esters is 1. The van der Waals surface area contributed by atoms with Crippen LogP contribution >= 0.6 is 0 Å².